The quantitative estimate of drug-likeness (QED) is 0.642. The second kappa shape index (κ2) is 12.5. The van der Waals surface area contributed by atoms with Gasteiger partial charge >= 0.3 is 0 Å². The summed E-state index contributed by atoms with van der Waals surface area (Å²) in [6.45, 7) is 6.87. The molecule has 0 saturated carbocycles. The molecule has 1 aliphatic rings. The maximum atomic E-state index is 11.2. The highest BCUT2D eigenvalue weighted by molar-refractivity contribution is 5.94. The van der Waals surface area contributed by atoms with Crippen molar-refractivity contribution in [1.82, 2.24) is 9.80 Å². The third kappa shape index (κ3) is 8.35. The van der Waals surface area contributed by atoms with E-state index in [-0.39, 0.29) is 43.8 Å². The average Bonchev–Trinajstić information content (AvgIpc) is 2.55. The van der Waals surface area contributed by atoms with E-state index in [0.717, 1.165) is 32.7 Å². The van der Waals surface area contributed by atoms with Crippen LogP contribution in [0.15, 0.2) is 24.3 Å². The minimum absolute atomic E-state index is 0. The molecule has 2 rings (SSSR count). The van der Waals surface area contributed by atoms with Crippen LogP contribution < -0.4 is 4.74 Å². The summed E-state index contributed by atoms with van der Waals surface area (Å²) in [5.41, 5.74) is 0.652. The molecule has 6 nitrogen and oxygen atoms in total. The summed E-state index contributed by atoms with van der Waals surface area (Å²) in [6, 6.07) is 6.95. The SMILES string of the molecule is CC(=O)c1ccc(OCC(O)CN2CCN(CCO)CC2)cc1.Cl.Cl. The minimum atomic E-state index is -0.549. The van der Waals surface area contributed by atoms with Crippen molar-refractivity contribution in [3.63, 3.8) is 0 Å². The molecule has 1 atom stereocenters. The smallest absolute Gasteiger partial charge is 0.159 e. The lowest BCUT2D eigenvalue weighted by Crippen LogP contribution is -2.49. The first-order valence-electron chi connectivity index (χ1n) is 8.06. The van der Waals surface area contributed by atoms with Gasteiger partial charge in [0.15, 0.2) is 5.78 Å². The van der Waals surface area contributed by atoms with Gasteiger partial charge in [0, 0.05) is 44.8 Å². The number of aliphatic hydroxyl groups excluding tert-OH is 2. The van der Waals surface area contributed by atoms with Crippen LogP contribution in [0.4, 0.5) is 0 Å². The van der Waals surface area contributed by atoms with Crippen LogP contribution in [0.25, 0.3) is 0 Å². The number of piperazine rings is 1. The lowest BCUT2D eigenvalue weighted by atomic mass is 10.1. The molecule has 1 aliphatic heterocycles. The summed E-state index contributed by atoms with van der Waals surface area (Å²) in [4.78, 5) is 15.6. The molecule has 144 valence electrons. The van der Waals surface area contributed by atoms with Gasteiger partial charge in [0.05, 0.1) is 6.61 Å². The van der Waals surface area contributed by atoms with Gasteiger partial charge in [0.1, 0.15) is 18.5 Å². The Labute approximate surface area is 161 Å². The van der Waals surface area contributed by atoms with Gasteiger partial charge in [0.25, 0.3) is 0 Å². The molecular formula is C17H28Cl2N2O4. The van der Waals surface area contributed by atoms with Gasteiger partial charge in [-0.1, -0.05) is 0 Å². The van der Waals surface area contributed by atoms with Gasteiger partial charge < -0.3 is 14.9 Å². The third-order valence-corrected chi connectivity index (χ3v) is 4.05. The standard InChI is InChI=1S/C17H26N2O4.2ClH/c1-14(21)15-2-4-17(5-3-15)23-13-16(22)12-19-8-6-18(7-9-19)10-11-20;;/h2-5,16,20,22H,6-13H2,1H3;2*1H. The topological polar surface area (TPSA) is 73.2 Å². The molecule has 0 bridgehead atoms. The fraction of sp³-hybridized carbons (Fsp3) is 0.588. The first kappa shape index (κ1) is 24.1. The number of hydrogen-bond acceptors (Lipinski definition) is 6. The van der Waals surface area contributed by atoms with Crippen molar-refractivity contribution in [2.45, 2.75) is 13.0 Å². The predicted molar refractivity (Wildman–Crippen MR) is 102 cm³/mol. The Bertz CT molecular complexity index is 494. The Hall–Kier alpha value is -0.890. The van der Waals surface area contributed by atoms with Crippen molar-refractivity contribution < 1.29 is 19.7 Å². The van der Waals surface area contributed by atoms with Crippen LogP contribution in [0.2, 0.25) is 0 Å². The van der Waals surface area contributed by atoms with Crippen molar-refractivity contribution in [3.05, 3.63) is 29.8 Å². The molecule has 1 aromatic carbocycles. The monoisotopic (exact) mass is 394 g/mol. The average molecular weight is 395 g/mol. The summed E-state index contributed by atoms with van der Waals surface area (Å²) in [5.74, 6) is 0.679. The van der Waals surface area contributed by atoms with E-state index in [1.165, 1.54) is 6.92 Å². The Morgan fingerprint density at radius 1 is 1.12 bits per heavy atom. The van der Waals surface area contributed by atoms with Gasteiger partial charge in [-0.2, -0.15) is 0 Å². The molecule has 0 radical (unpaired) electrons. The van der Waals surface area contributed by atoms with E-state index in [4.69, 9.17) is 9.84 Å². The zero-order valence-corrected chi connectivity index (χ0v) is 16.1. The van der Waals surface area contributed by atoms with E-state index < -0.39 is 6.10 Å². The van der Waals surface area contributed by atoms with E-state index >= 15 is 0 Å². The molecule has 1 unspecified atom stereocenters. The summed E-state index contributed by atoms with van der Waals surface area (Å²) >= 11 is 0. The highest BCUT2D eigenvalue weighted by Gasteiger charge is 2.19. The molecule has 0 amide bonds. The van der Waals surface area contributed by atoms with E-state index in [9.17, 15) is 9.90 Å². The van der Waals surface area contributed by atoms with E-state index in [1.807, 2.05) is 0 Å². The minimum Gasteiger partial charge on any atom is -0.491 e. The fourth-order valence-electron chi connectivity index (χ4n) is 2.67. The zero-order valence-electron chi connectivity index (χ0n) is 14.5. The van der Waals surface area contributed by atoms with Crippen LogP contribution in [-0.4, -0.2) is 84.4 Å². The molecule has 1 saturated heterocycles. The van der Waals surface area contributed by atoms with Crippen molar-refractivity contribution in [2.75, 3.05) is 52.5 Å². The molecule has 1 fully saturated rings. The number of halogens is 2. The number of ether oxygens (including phenoxy) is 1. The first-order chi connectivity index (χ1) is 11.1. The number of aliphatic hydroxyl groups is 2. The van der Waals surface area contributed by atoms with Gasteiger partial charge in [-0.05, 0) is 31.2 Å². The number of ketones is 1. The normalized spacial score (nSPS) is 16.4. The van der Waals surface area contributed by atoms with Crippen LogP contribution in [0.5, 0.6) is 5.75 Å². The Balaban J connectivity index is 0.00000288. The highest BCUT2D eigenvalue weighted by Crippen LogP contribution is 2.13. The molecule has 25 heavy (non-hydrogen) atoms. The largest absolute Gasteiger partial charge is 0.491 e. The van der Waals surface area contributed by atoms with Crippen LogP contribution in [0, 0.1) is 0 Å². The van der Waals surface area contributed by atoms with Crippen molar-refractivity contribution >= 4 is 30.6 Å². The van der Waals surface area contributed by atoms with Crippen molar-refractivity contribution in [1.29, 1.82) is 0 Å². The van der Waals surface area contributed by atoms with Crippen LogP contribution >= 0.6 is 24.8 Å². The van der Waals surface area contributed by atoms with Crippen LogP contribution in [-0.2, 0) is 0 Å². The van der Waals surface area contributed by atoms with Crippen LogP contribution in [0.1, 0.15) is 17.3 Å². The van der Waals surface area contributed by atoms with Crippen molar-refractivity contribution in [3.8, 4) is 5.75 Å². The first-order valence-corrected chi connectivity index (χ1v) is 8.06. The number of nitrogens with zero attached hydrogens (tertiary/aromatic N) is 2. The van der Waals surface area contributed by atoms with E-state index in [0.29, 0.717) is 17.9 Å². The zero-order chi connectivity index (χ0) is 16.7. The van der Waals surface area contributed by atoms with E-state index in [1.54, 1.807) is 24.3 Å². The molecule has 0 spiro atoms. The number of carbonyl (C=O) groups is 1. The second-order valence-corrected chi connectivity index (χ2v) is 5.91. The summed E-state index contributed by atoms with van der Waals surface area (Å²) in [7, 11) is 0. The number of carbonyl (C=O) groups excluding carboxylic acids is 1. The fourth-order valence-corrected chi connectivity index (χ4v) is 2.67. The Morgan fingerprint density at radius 2 is 1.68 bits per heavy atom. The Kier molecular flexibility index (Phi) is 12.0. The van der Waals surface area contributed by atoms with Gasteiger partial charge in [-0.3, -0.25) is 14.6 Å². The number of Topliss-reactive ketones (excluding diaryl/α,β-unsaturated/α-hetero) is 1. The molecular weight excluding hydrogens is 367 g/mol. The maximum Gasteiger partial charge on any atom is 0.159 e. The van der Waals surface area contributed by atoms with Gasteiger partial charge in [0.2, 0.25) is 0 Å². The number of benzene rings is 1. The third-order valence-electron chi connectivity index (χ3n) is 4.05. The predicted octanol–water partition coefficient (Wildman–Crippen LogP) is 1.08. The van der Waals surface area contributed by atoms with Gasteiger partial charge in [-0.15, -0.1) is 24.8 Å². The molecule has 0 aromatic heterocycles. The lowest BCUT2D eigenvalue weighted by molar-refractivity contribution is 0.0428. The van der Waals surface area contributed by atoms with Crippen LogP contribution in [0.3, 0.4) is 0 Å². The number of rotatable bonds is 8. The summed E-state index contributed by atoms with van der Waals surface area (Å²) in [6.07, 6.45) is -0.549. The molecule has 1 aromatic rings. The lowest BCUT2D eigenvalue weighted by Gasteiger charge is -2.35. The van der Waals surface area contributed by atoms with Gasteiger partial charge in [-0.25, -0.2) is 0 Å². The number of β-amino-alcohol motifs (C(OH)–C–C–N with tert-alkyl or cyclic N) is 2. The maximum absolute atomic E-state index is 11.2. The second-order valence-electron chi connectivity index (χ2n) is 5.91. The molecule has 0 aliphatic carbocycles. The summed E-state index contributed by atoms with van der Waals surface area (Å²) in [5, 5.41) is 19.0. The van der Waals surface area contributed by atoms with E-state index in [2.05, 4.69) is 9.80 Å². The molecule has 8 heteroatoms. The molecule has 1 heterocycles. The number of hydrogen-bond donors (Lipinski definition) is 2. The molecule has 2 N–H and O–H groups in total. The highest BCUT2D eigenvalue weighted by atomic mass is 35.5. The Morgan fingerprint density at radius 3 is 2.20 bits per heavy atom. The van der Waals surface area contributed by atoms with Crippen molar-refractivity contribution in [2.24, 2.45) is 0 Å². The summed E-state index contributed by atoms with van der Waals surface area (Å²) < 4.78 is 5.57.